The molecule has 0 bridgehead atoms. The maximum atomic E-state index is 14.3. The van der Waals surface area contributed by atoms with Crippen LogP contribution in [0.3, 0.4) is 0 Å². The quantitative estimate of drug-likeness (QED) is 0.0686. The summed E-state index contributed by atoms with van der Waals surface area (Å²) in [4.78, 5) is 65.2. The van der Waals surface area contributed by atoms with Crippen molar-refractivity contribution in [2.24, 2.45) is 28.6 Å². The lowest BCUT2D eigenvalue weighted by Gasteiger charge is -2.59. The minimum absolute atomic E-state index is 0.0325. The fourth-order valence-electron chi connectivity index (χ4n) is 9.31. The van der Waals surface area contributed by atoms with E-state index in [9.17, 15) is 39.3 Å². The van der Waals surface area contributed by atoms with Crippen molar-refractivity contribution in [1.82, 2.24) is 0 Å². The average molecular weight is 711 g/mol. The Morgan fingerprint density at radius 3 is 2.45 bits per heavy atom. The summed E-state index contributed by atoms with van der Waals surface area (Å²) in [6, 6.07) is 1.99. The number of rotatable bonds is 13. The Morgan fingerprint density at radius 2 is 1.73 bits per heavy atom. The van der Waals surface area contributed by atoms with E-state index in [1.54, 1.807) is 12.2 Å². The van der Waals surface area contributed by atoms with Gasteiger partial charge in [-0.25, -0.2) is 9.59 Å². The maximum absolute atomic E-state index is 14.3. The number of phenols is 2. The maximum Gasteiger partial charge on any atom is 0.514 e. The summed E-state index contributed by atoms with van der Waals surface area (Å²) >= 11 is 0. The van der Waals surface area contributed by atoms with Crippen molar-refractivity contribution in [1.29, 1.82) is 0 Å². The molecule has 278 valence electrons. The summed E-state index contributed by atoms with van der Waals surface area (Å²) in [6.45, 7) is 7.16. The van der Waals surface area contributed by atoms with Gasteiger partial charge in [0, 0.05) is 23.2 Å². The number of carbonyl (C=O) groups is 5. The van der Waals surface area contributed by atoms with Gasteiger partial charge < -0.3 is 34.3 Å². The van der Waals surface area contributed by atoms with Crippen LogP contribution in [0.2, 0.25) is 0 Å². The van der Waals surface area contributed by atoms with E-state index in [1.165, 1.54) is 0 Å². The van der Waals surface area contributed by atoms with Gasteiger partial charge in [-0.1, -0.05) is 58.6 Å². The fourth-order valence-corrected chi connectivity index (χ4v) is 9.31. The summed E-state index contributed by atoms with van der Waals surface area (Å²) in [5.74, 6) is -4.58. The number of aromatic hydroxyl groups is 2. The number of fused-ring (bicyclic) bond motifs is 5. The van der Waals surface area contributed by atoms with E-state index in [1.807, 2.05) is 33.8 Å². The van der Waals surface area contributed by atoms with Crippen molar-refractivity contribution in [3.8, 4) is 17.2 Å². The lowest BCUT2D eigenvalue weighted by molar-refractivity contribution is -0.200. The molecule has 12 nitrogen and oxygen atoms in total. The first-order valence-electron chi connectivity index (χ1n) is 18.2. The summed E-state index contributed by atoms with van der Waals surface area (Å²) in [7, 11) is 0. The van der Waals surface area contributed by atoms with Crippen LogP contribution in [0.25, 0.3) is 0 Å². The number of ether oxygens (including phenoxy) is 4. The number of hydrogen-bond acceptors (Lipinski definition) is 12. The normalized spacial score (nSPS) is 30.7. The summed E-state index contributed by atoms with van der Waals surface area (Å²) in [5.41, 5.74) is -2.41. The highest BCUT2D eigenvalue weighted by atomic mass is 16.7. The van der Waals surface area contributed by atoms with Crippen molar-refractivity contribution in [3.63, 3.8) is 0 Å². The number of aliphatic hydroxyl groups is 1. The molecule has 1 aromatic carbocycles. The van der Waals surface area contributed by atoms with Crippen molar-refractivity contribution < 1.29 is 58.2 Å². The zero-order valence-corrected chi connectivity index (χ0v) is 29.9. The highest BCUT2D eigenvalue weighted by Crippen LogP contribution is 2.68. The SMILES string of the molecule is CCCCCOC(=O)c1cc(O)c(O)c(OC(=O)OCC(=O)C2(OC(=O)CCCC)CCC3C4CCC5=CC(=O)C=CC5(C)C4C(O)CC32C)c1. The van der Waals surface area contributed by atoms with E-state index < -0.39 is 70.3 Å². The van der Waals surface area contributed by atoms with Crippen LogP contribution >= 0.6 is 0 Å². The standard InChI is InChI=1S/C39H50O12/c1-5-7-9-17-48-35(46)23-18-28(41)34(45)30(19-23)50-36(47)49-22-31(43)39(51-32(44)10-8-6-2)16-14-27-26-12-11-24-20-25(40)13-15-37(24,3)33(26)29(42)21-38(27,39)4/h13,15,18-20,26-27,29,33,41-42,45H,5-12,14,16-17,21-22H2,1-4H3. The van der Waals surface area contributed by atoms with Crippen molar-refractivity contribution >= 4 is 29.7 Å². The molecule has 7 atom stereocenters. The first-order valence-corrected chi connectivity index (χ1v) is 18.2. The zero-order valence-electron chi connectivity index (χ0n) is 29.9. The van der Waals surface area contributed by atoms with Crippen LogP contribution in [-0.4, -0.2) is 69.9 Å². The minimum atomic E-state index is -1.70. The Kier molecular flexibility index (Phi) is 11.3. The molecule has 3 N–H and O–H groups in total. The molecule has 0 aliphatic heterocycles. The fraction of sp³-hybridized carbons (Fsp3) is 0.615. The Hall–Kier alpha value is -4.19. The lowest BCUT2D eigenvalue weighted by atomic mass is 9.46. The Morgan fingerprint density at radius 1 is 0.980 bits per heavy atom. The van der Waals surface area contributed by atoms with E-state index >= 15 is 0 Å². The van der Waals surface area contributed by atoms with Crippen LogP contribution in [0, 0.1) is 28.6 Å². The summed E-state index contributed by atoms with van der Waals surface area (Å²) < 4.78 is 21.7. The van der Waals surface area contributed by atoms with Crippen LogP contribution in [0.1, 0.15) is 109 Å². The van der Waals surface area contributed by atoms with Gasteiger partial charge in [0.2, 0.25) is 11.5 Å². The number of ketones is 2. The van der Waals surface area contributed by atoms with Crippen molar-refractivity contribution in [2.45, 2.75) is 110 Å². The zero-order chi connectivity index (χ0) is 37.1. The third-order valence-corrected chi connectivity index (χ3v) is 11.9. The molecule has 1 aromatic rings. The van der Waals surface area contributed by atoms with Crippen LogP contribution in [0.5, 0.6) is 17.2 Å². The molecule has 51 heavy (non-hydrogen) atoms. The van der Waals surface area contributed by atoms with Crippen LogP contribution in [0.4, 0.5) is 4.79 Å². The van der Waals surface area contributed by atoms with Gasteiger partial charge in [0.15, 0.2) is 29.5 Å². The molecule has 0 aromatic heterocycles. The van der Waals surface area contributed by atoms with Crippen molar-refractivity contribution in [2.75, 3.05) is 13.2 Å². The molecule has 4 aliphatic rings. The molecular formula is C39H50O12. The van der Waals surface area contributed by atoms with Gasteiger partial charge in [0.25, 0.3) is 0 Å². The van der Waals surface area contributed by atoms with Gasteiger partial charge in [-0.3, -0.25) is 14.4 Å². The number of carbonyl (C=O) groups excluding carboxylic acids is 5. The predicted molar refractivity (Wildman–Crippen MR) is 183 cm³/mol. The third kappa shape index (κ3) is 7.16. The molecule has 0 amide bonds. The van der Waals surface area contributed by atoms with E-state index in [0.29, 0.717) is 32.1 Å². The molecule has 0 radical (unpaired) electrons. The van der Waals surface area contributed by atoms with E-state index in [4.69, 9.17) is 18.9 Å². The van der Waals surface area contributed by atoms with Crippen LogP contribution in [0.15, 0.2) is 35.9 Å². The highest BCUT2D eigenvalue weighted by molar-refractivity contribution is 6.01. The summed E-state index contributed by atoms with van der Waals surface area (Å²) in [6.07, 6.45) is 8.86. The molecule has 7 unspecified atom stereocenters. The van der Waals surface area contributed by atoms with Gasteiger partial charge in [-0.2, -0.15) is 0 Å². The van der Waals surface area contributed by atoms with E-state index in [-0.39, 0.29) is 55.0 Å². The van der Waals surface area contributed by atoms with E-state index in [0.717, 1.165) is 37.0 Å². The Labute approximate surface area is 298 Å². The molecular weight excluding hydrogens is 660 g/mol. The topological polar surface area (TPSA) is 183 Å². The number of aliphatic hydroxyl groups excluding tert-OH is 1. The van der Waals surface area contributed by atoms with Gasteiger partial charge in [0.05, 0.1) is 18.3 Å². The first-order chi connectivity index (χ1) is 24.2. The molecule has 0 saturated heterocycles. The second-order valence-electron chi connectivity index (χ2n) is 14.9. The largest absolute Gasteiger partial charge is 0.514 e. The minimum Gasteiger partial charge on any atom is -0.504 e. The van der Waals surface area contributed by atoms with E-state index in [2.05, 4.69) is 0 Å². The lowest BCUT2D eigenvalue weighted by Crippen LogP contribution is -2.63. The second kappa shape index (κ2) is 15.2. The monoisotopic (exact) mass is 710 g/mol. The van der Waals surface area contributed by atoms with Crippen LogP contribution < -0.4 is 4.74 Å². The number of benzene rings is 1. The average Bonchev–Trinajstić information content (AvgIpc) is 3.38. The number of hydrogen-bond donors (Lipinski definition) is 3. The third-order valence-electron chi connectivity index (χ3n) is 11.9. The Bertz CT molecular complexity index is 1610. The number of phenolic OH excluding ortho intramolecular Hbond substituents is 2. The van der Waals surface area contributed by atoms with Gasteiger partial charge in [0.1, 0.15) is 0 Å². The summed E-state index contributed by atoms with van der Waals surface area (Å²) in [5, 5.41) is 32.4. The van der Waals surface area contributed by atoms with Crippen LogP contribution in [-0.2, 0) is 28.6 Å². The second-order valence-corrected chi connectivity index (χ2v) is 14.9. The van der Waals surface area contributed by atoms with Gasteiger partial charge in [-0.15, -0.1) is 0 Å². The molecule has 3 fully saturated rings. The molecule has 0 spiro atoms. The molecule has 4 aliphatic carbocycles. The predicted octanol–water partition coefficient (Wildman–Crippen LogP) is 6.28. The smallest absolute Gasteiger partial charge is 0.504 e. The van der Waals surface area contributed by atoms with Gasteiger partial charge in [-0.05, 0) is 81.1 Å². The van der Waals surface area contributed by atoms with Crippen molar-refractivity contribution in [3.05, 3.63) is 41.5 Å². The number of allylic oxidation sites excluding steroid dienone is 4. The molecule has 0 heterocycles. The molecule has 12 heteroatoms. The first kappa shape index (κ1) is 38.1. The number of unbranched alkanes of at least 4 members (excludes halogenated alkanes) is 3. The number of esters is 2. The molecule has 3 saturated carbocycles. The van der Waals surface area contributed by atoms with Gasteiger partial charge >= 0.3 is 18.1 Å². The molecule has 5 rings (SSSR count). The number of Topliss-reactive ketones (excluding diaryl/α,β-unsaturated/α-hetero) is 1. The highest BCUT2D eigenvalue weighted by Gasteiger charge is 2.70. The Balaban J connectivity index is 1.35.